The number of rotatable bonds is 4. The Balaban J connectivity index is 1.75. The molecule has 1 amide bonds. The Hall–Kier alpha value is -1.42. The molecule has 3 rings (SSSR count). The van der Waals surface area contributed by atoms with Crippen LogP contribution in [0.2, 0.25) is 0 Å². The van der Waals surface area contributed by atoms with Gasteiger partial charge in [0.2, 0.25) is 12.7 Å². The molecule has 0 aromatic heterocycles. The van der Waals surface area contributed by atoms with Gasteiger partial charge in [-0.3, -0.25) is 4.79 Å². The molecular weight excluding hydrogens is 290 g/mol. The number of amides is 1. The number of hydrogen-bond donors (Lipinski definition) is 0. The SMILES string of the molecule is O=C(CCl)N(Cc1ccc2c(c1)OCO2)C1CCCCC1. The summed E-state index contributed by atoms with van der Waals surface area (Å²) in [4.78, 5) is 14.1. The Bertz CT molecular complexity index is 514. The zero-order valence-corrected chi connectivity index (χ0v) is 12.8. The number of nitrogens with zero attached hydrogens (tertiary/aromatic N) is 1. The fourth-order valence-corrected chi connectivity index (χ4v) is 3.28. The first-order valence-corrected chi connectivity index (χ1v) is 8.05. The summed E-state index contributed by atoms with van der Waals surface area (Å²) in [6.45, 7) is 0.860. The predicted molar refractivity (Wildman–Crippen MR) is 80.7 cm³/mol. The van der Waals surface area contributed by atoms with Crippen LogP contribution < -0.4 is 9.47 Å². The Morgan fingerprint density at radius 1 is 1.19 bits per heavy atom. The summed E-state index contributed by atoms with van der Waals surface area (Å²) in [6, 6.07) is 6.17. The van der Waals surface area contributed by atoms with E-state index in [9.17, 15) is 4.79 Å². The normalized spacial score (nSPS) is 17.8. The van der Waals surface area contributed by atoms with Crippen LogP contribution in [0.4, 0.5) is 0 Å². The minimum Gasteiger partial charge on any atom is -0.454 e. The van der Waals surface area contributed by atoms with Gasteiger partial charge in [0.1, 0.15) is 5.88 Å². The first-order valence-electron chi connectivity index (χ1n) is 7.52. The molecule has 4 nitrogen and oxygen atoms in total. The fraction of sp³-hybridized carbons (Fsp3) is 0.562. The molecule has 2 aliphatic rings. The van der Waals surface area contributed by atoms with E-state index in [2.05, 4.69) is 0 Å². The third-order valence-corrected chi connectivity index (χ3v) is 4.47. The van der Waals surface area contributed by atoms with Crippen LogP contribution in [0.1, 0.15) is 37.7 Å². The second-order valence-electron chi connectivity index (χ2n) is 5.63. The van der Waals surface area contributed by atoms with E-state index in [0.29, 0.717) is 12.6 Å². The molecule has 1 aromatic carbocycles. The number of alkyl halides is 1. The van der Waals surface area contributed by atoms with E-state index in [1.807, 2.05) is 23.1 Å². The standard InChI is InChI=1S/C16H20ClNO3/c17-9-16(19)18(13-4-2-1-3-5-13)10-12-6-7-14-15(8-12)21-11-20-14/h6-8,13H,1-5,9-11H2. The van der Waals surface area contributed by atoms with Gasteiger partial charge in [-0.05, 0) is 30.5 Å². The smallest absolute Gasteiger partial charge is 0.238 e. The van der Waals surface area contributed by atoms with Gasteiger partial charge >= 0.3 is 0 Å². The monoisotopic (exact) mass is 309 g/mol. The van der Waals surface area contributed by atoms with Gasteiger partial charge in [0.25, 0.3) is 0 Å². The van der Waals surface area contributed by atoms with Gasteiger partial charge in [-0.2, -0.15) is 0 Å². The zero-order valence-electron chi connectivity index (χ0n) is 12.0. The molecule has 0 saturated heterocycles. The summed E-state index contributed by atoms with van der Waals surface area (Å²) < 4.78 is 10.7. The molecule has 1 fully saturated rings. The number of carbonyl (C=O) groups is 1. The molecular formula is C16H20ClNO3. The average molecular weight is 310 g/mol. The topological polar surface area (TPSA) is 38.8 Å². The third kappa shape index (κ3) is 3.26. The van der Waals surface area contributed by atoms with Crippen molar-refractivity contribution in [3.8, 4) is 11.5 Å². The maximum Gasteiger partial charge on any atom is 0.238 e. The van der Waals surface area contributed by atoms with Crippen LogP contribution in [0, 0.1) is 0 Å². The molecule has 5 heteroatoms. The van der Waals surface area contributed by atoms with Crippen LogP contribution in [0.3, 0.4) is 0 Å². The van der Waals surface area contributed by atoms with Gasteiger partial charge in [0.15, 0.2) is 11.5 Å². The van der Waals surface area contributed by atoms with Crippen molar-refractivity contribution in [1.82, 2.24) is 4.90 Å². The van der Waals surface area contributed by atoms with Crippen LogP contribution in [-0.4, -0.2) is 29.5 Å². The lowest BCUT2D eigenvalue weighted by atomic mass is 9.93. The lowest BCUT2D eigenvalue weighted by molar-refractivity contribution is -0.132. The van der Waals surface area contributed by atoms with Crippen molar-refractivity contribution in [1.29, 1.82) is 0 Å². The molecule has 21 heavy (non-hydrogen) atoms. The molecule has 114 valence electrons. The molecule has 0 spiro atoms. The summed E-state index contributed by atoms with van der Waals surface area (Å²) in [6.07, 6.45) is 5.81. The molecule has 0 atom stereocenters. The van der Waals surface area contributed by atoms with Crippen molar-refractivity contribution in [3.63, 3.8) is 0 Å². The van der Waals surface area contributed by atoms with Crippen LogP contribution in [0.5, 0.6) is 11.5 Å². The number of ether oxygens (including phenoxy) is 2. The first kappa shape index (κ1) is 14.5. The van der Waals surface area contributed by atoms with Crippen molar-refractivity contribution in [3.05, 3.63) is 23.8 Å². The van der Waals surface area contributed by atoms with Gasteiger partial charge in [-0.25, -0.2) is 0 Å². The van der Waals surface area contributed by atoms with E-state index in [1.165, 1.54) is 19.3 Å². The molecule has 1 aromatic rings. The number of fused-ring (bicyclic) bond motifs is 1. The fourth-order valence-electron chi connectivity index (χ4n) is 3.13. The van der Waals surface area contributed by atoms with Crippen molar-refractivity contribution >= 4 is 17.5 Å². The van der Waals surface area contributed by atoms with Crippen LogP contribution in [-0.2, 0) is 11.3 Å². The van der Waals surface area contributed by atoms with Crippen LogP contribution in [0.25, 0.3) is 0 Å². The van der Waals surface area contributed by atoms with E-state index in [1.54, 1.807) is 0 Å². The van der Waals surface area contributed by atoms with Crippen molar-refractivity contribution in [2.45, 2.75) is 44.7 Å². The van der Waals surface area contributed by atoms with E-state index < -0.39 is 0 Å². The lowest BCUT2D eigenvalue weighted by Crippen LogP contribution is -2.41. The Morgan fingerprint density at radius 2 is 1.95 bits per heavy atom. The highest BCUT2D eigenvalue weighted by Crippen LogP contribution is 2.33. The highest BCUT2D eigenvalue weighted by molar-refractivity contribution is 6.27. The van der Waals surface area contributed by atoms with Crippen molar-refractivity contribution in [2.75, 3.05) is 12.7 Å². The minimum absolute atomic E-state index is 0.0150. The summed E-state index contributed by atoms with van der Waals surface area (Å²) in [5.74, 6) is 1.59. The second kappa shape index (κ2) is 6.56. The molecule has 0 unspecified atom stereocenters. The predicted octanol–water partition coefficient (Wildman–Crippen LogP) is 3.32. The molecule has 1 aliphatic carbocycles. The lowest BCUT2D eigenvalue weighted by Gasteiger charge is -2.34. The molecule has 0 radical (unpaired) electrons. The van der Waals surface area contributed by atoms with Crippen LogP contribution >= 0.6 is 11.6 Å². The van der Waals surface area contributed by atoms with Gasteiger partial charge in [0, 0.05) is 12.6 Å². The number of benzene rings is 1. The molecule has 1 heterocycles. The number of carbonyl (C=O) groups excluding carboxylic acids is 1. The quantitative estimate of drug-likeness (QED) is 0.801. The van der Waals surface area contributed by atoms with Gasteiger partial charge < -0.3 is 14.4 Å². The van der Waals surface area contributed by atoms with E-state index in [4.69, 9.17) is 21.1 Å². The molecule has 0 N–H and O–H groups in total. The molecule has 1 aliphatic heterocycles. The number of halogens is 1. The largest absolute Gasteiger partial charge is 0.454 e. The third-order valence-electron chi connectivity index (χ3n) is 4.24. The Kier molecular flexibility index (Phi) is 4.54. The summed E-state index contributed by atoms with van der Waals surface area (Å²) in [7, 11) is 0. The molecule has 1 saturated carbocycles. The van der Waals surface area contributed by atoms with Crippen molar-refractivity contribution < 1.29 is 14.3 Å². The second-order valence-corrected chi connectivity index (χ2v) is 5.90. The van der Waals surface area contributed by atoms with E-state index in [-0.39, 0.29) is 18.6 Å². The highest BCUT2D eigenvalue weighted by atomic mass is 35.5. The van der Waals surface area contributed by atoms with E-state index >= 15 is 0 Å². The summed E-state index contributed by atoms with van der Waals surface area (Å²) in [5, 5.41) is 0. The Labute approximate surface area is 130 Å². The zero-order chi connectivity index (χ0) is 14.7. The number of hydrogen-bond acceptors (Lipinski definition) is 3. The highest BCUT2D eigenvalue weighted by Gasteiger charge is 2.25. The minimum atomic E-state index is 0.0150. The van der Waals surface area contributed by atoms with Gasteiger partial charge in [0.05, 0.1) is 0 Å². The van der Waals surface area contributed by atoms with Gasteiger partial charge in [-0.1, -0.05) is 25.3 Å². The maximum absolute atomic E-state index is 12.2. The summed E-state index contributed by atoms with van der Waals surface area (Å²) >= 11 is 5.79. The first-order chi connectivity index (χ1) is 10.3. The maximum atomic E-state index is 12.2. The summed E-state index contributed by atoms with van der Waals surface area (Å²) in [5.41, 5.74) is 1.06. The van der Waals surface area contributed by atoms with Gasteiger partial charge in [-0.15, -0.1) is 11.6 Å². The Morgan fingerprint density at radius 3 is 2.71 bits per heavy atom. The van der Waals surface area contributed by atoms with E-state index in [0.717, 1.165) is 29.9 Å². The van der Waals surface area contributed by atoms with Crippen molar-refractivity contribution in [2.24, 2.45) is 0 Å². The van der Waals surface area contributed by atoms with Crippen LogP contribution in [0.15, 0.2) is 18.2 Å². The average Bonchev–Trinajstić information content (AvgIpc) is 3.00. The molecule has 0 bridgehead atoms.